The lowest BCUT2D eigenvalue weighted by Crippen LogP contribution is -2.31. The van der Waals surface area contributed by atoms with E-state index in [9.17, 15) is 5.11 Å². The van der Waals surface area contributed by atoms with Crippen LogP contribution in [-0.4, -0.2) is 11.1 Å². The highest BCUT2D eigenvalue weighted by Gasteiger charge is 2.49. The molecule has 1 atom stereocenters. The summed E-state index contributed by atoms with van der Waals surface area (Å²) in [5, 5.41) is 10.2. The van der Waals surface area contributed by atoms with Gasteiger partial charge in [0.05, 0.1) is 4.47 Å². The number of benzene rings is 1. The molecule has 1 aliphatic carbocycles. The van der Waals surface area contributed by atoms with Crippen LogP contribution < -0.4 is 5.73 Å². The van der Waals surface area contributed by atoms with E-state index in [1.807, 2.05) is 13.0 Å². The normalized spacial score (nSPS) is 19.4. The minimum absolute atomic E-state index is 0.00248. The van der Waals surface area contributed by atoms with Gasteiger partial charge in [-0.3, -0.25) is 0 Å². The quantitative estimate of drug-likeness (QED) is 0.894. The van der Waals surface area contributed by atoms with Crippen molar-refractivity contribution in [2.75, 3.05) is 0 Å². The van der Waals surface area contributed by atoms with E-state index in [4.69, 9.17) is 5.73 Å². The van der Waals surface area contributed by atoms with E-state index in [-0.39, 0.29) is 11.5 Å². The van der Waals surface area contributed by atoms with E-state index in [1.54, 1.807) is 0 Å². The van der Waals surface area contributed by atoms with Gasteiger partial charge in [0.1, 0.15) is 5.75 Å². The number of halogens is 1. The third-order valence-corrected chi connectivity index (χ3v) is 4.55. The Morgan fingerprint density at radius 2 is 1.88 bits per heavy atom. The molecule has 1 unspecified atom stereocenters. The fourth-order valence-corrected chi connectivity index (χ4v) is 2.92. The predicted octanol–water partition coefficient (Wildman–Crippen LogP) is 3.66. The van der Waals surface area contributed by atoms with Crippen molar-refractivity contribution in [3.8, 4) is 5.75 Å². The highest BCUT2D eigenvalue weighted by Crippen LogP contribution is 2.54. The van der Waals surface area contributed by atoms with E-state index >= 15 is 0 Å². The van der Waals surface area contributed by atoms with Crippen molar-refractivity contribution in [3.63, 3.8) is 0 Å². The van der Waals surface area contributed by atoms with Gasteiger partial charge >= 0.3 is 0 Å². The molecule has 0 radical (unpaired) electrons. The van der Waals surface area contributed by atoms with Crippen LogP contribution >= 0.6 is 15.9 Å². The molecular formula is C14H20BrNO. The summed E-state index contributed by atoms with van der Waals surface area (Å²) in [6.07, 6.45) is 2.15. The van der Waals surface area contributed by atoms with Crippen LogP contribution in [0.15, 0.2) is 16.6 Å². The van der Waals surface area contributed by atoms with E-state index in [2.05, 4.69) is 35.8 Å². The minimum Gasteiger partial charge on any atom is -0.506 e. The van der Waals surface area contributed by atoms with Crippen LogP contribution in [0.1, 0.15) is 50.7 Å². The maximum atomic E-state index is 10.2. The van der Waals surface area contributed by atoms with Crippen molar-refractivity contribution < 1.29 is 5.11 Å². The number of nitrogens with two attached hydrogens (primary N) is 1. The highest BCUT2D eigenvalue weighted by molar-refractivity contribution is 9.10. The Kier molecular flexibility index (Phi) is 3.25. The number of phenolic OH excluding ortho intramolecular Hbond substituents is 1. The third kappa shape index (κ3) is 2.11. The standard InChI is InChI=1S/C14H20BrNO/c1-8(2)10-6-11(13(17)12(15)7-10)14(4-5-14)9(3)16/h6-9,17H,4-5,16H2,1-3H3. The summed E-state index contributed by atoms with van der Waals surface area (Å²) >= 11 is 3.44. The first-order valence-electron chi connectivity index (χ1n) is 6.17. The lowest BCUT2D eigenvalue weighted by atomic mass is 9.86. The Morgan fingerprint density at radius 1 is 1.29 bits per heavy atom. The van der Waals surface area contributed by atoms with Gasteiger partial charge in [-0.1, -0.05) is 19.9 Å². The fourth-order valence-electron chi connectivity index (χ4n) is 2.44. The lowest BCUT2D eigenvalue weighted by Gasteiger charge is -2.23. The molecule has 0 amide bonds. The second-order valence-corrected chi connectivity index (χ2v) is 6.35. The molecule has 94 valence electrons. The van der Waals surface area contributed by atoms with Gasteiger partial charge < -0.3 is 10.8 Å². The summed E-state index contributed by atoms with van der Waals surface area (Å²) in [6, 6.07) is 4.21. The first-order chi connectivity index (χ1) is 7.88. The number of rotatable bonds is 3. The number of hydrogen-bond acceptors (Lipinski definition) is 2. The Bertz CT molecular complexity index is 436. The Labute approximate surface area is 111 Å². The number of phenols is 1. The number of aromatic hydroxyl groups is 1. The molecule has 0 aliphatic heterocycles. The van der Waals surface area contributed by atoms with Gasteiger partial charge in [0.2, 0.25) is 0 Å². The largest absolute Gasteiger partial charge is 0.506 e. The van der Waals surface area contributed by atoms with Crippen LogP contribution in [0.2, 0.25) is 0 Å². The molecule has 1 aromatic rings. The molecule has 2 rings (SSSR count). The molecule has 0 bridgehead atoms. The molecule has 1 aromatic carbocycles. The van der Waals surface area contributed by atoms with Crippen LogP contribution in [-0.2, 0) is 5.41 Å². The van der Waals surface area contributed by atoms with Gasteiger partial charge in [-0.15, -0.1) is 0 Å². The summed E-state index contributed by atoms with van der Waals surface area (Å²) in [4.78, 5) is 0. The molecule has 2 nitrogen and oxygen atoms in total. The molecular weight excluding hydrogens is 278 g/mol. The summed E-state index contributed by atoms with van der Waals surface area (Å²) in [6.45, 7) is 6.35. The van der Waals surface area contributed by atoms with E-state index in [0.717, 1.165) is 22.9 Å². The predicted molar refractivity (Wildman–Crippen MR) is 74.5 cm³/mol. The molecule has 3 heteroatoms. The molecule has 1 saturated carbocycles. The van der Waals surface area contributed by atoms with Crippen LogP contribution in [0.4, 0.5) is 0 Å². The highest BCUT2D eigenvalue weighted by atomic mass is 79.9. The zero-order valence-electron chi connectivity index (χ0n) is 10.6. The van der Waals surface area contributed by atoms with E-state index in [0.29, 0.717) is 11.7 Å². The van der Waals surface area contributed by atoms with E-state index in [1.165, 1.54) is 5.56 Å². The average molecular weight is 298 g/mol. The van der Waals surface area contributed by atoms with Gasteiger partial charge in [-0.2, -0.15) is 0 Å². The summed E-state index contributed by atoms with van der Waals surface area (Å²) < 4.78 is 0.783. The first kappa shape index (κ1) is 12.9. The van der Waals surface area contributed by atoms with Crippen molar-refractivity contribution in [2.24, 2.45) is 5.73 Å². The zero-order valence-corrected chi connectivity index (χ0v) is 12.2. The minimum atomic E-state index is -0.00248. The van der Waals surface area contributed by atoms with Crippen LogP contribution in [0, 0.1) is 0 Å². The second kappa shape index (κ2) is 4.29. The maximum Gasteiger partial charge on any atom is 0.133 e. The molecule has 0 spiro atoms. The van der Waals surface area contributed by atoms with E-state index < -0.39 is 0 Å². The molecule has 0 heterocycles. The maximum absolute atomic E-state index is 10.2. The smallest absolute Gasteiger partial charge is 0.133 e. The van der Waals surface area contributed by atoms with Crippen molar-refractivity contribution in [1.82, 2.24) is 0 Å². The van der Waals surface area contributed by atoms with Gasteiger partial charge in [-0.25, -0.2) is 0 Å². The van der Waals surface area contributed by atoms with Crippen LogP contribution in [0.25, 0.3) is 0 Å². The van der Waals surface area contributed by atoms with Gasteiger partial charge in [0.25, 0.3) is 0 Å². The monoisotopic (exact) mass is 297 g/mol. The van der Waals surface area contributed by atoms with Crippen molar-refractivity contribution in [1.29, 1.82) is 0 Å². The first-order valence-corrected chi connectivity index (χ1v) is 6.96. The molecule has 1 aliphatic rings. The fraction of sp³-hybridized carbons (Fsp3) is 0.571. The topological polar surface area (TPSA) is 46.2 Å². The van der Waals surface area contributed by atoms with Crippen LogP contribution in [0.5, 0.6) is 5.75 Å². The lowest BCUT2D eigenvalue weighted by molar-refractivity contribution is 0.443. The summed E-state index contributed by atoms with van der Waals surface area (Å²) in [5.41, 5.74) is 8.35. The Morgan fingerprint density at radius 3 is 2.29 bits per heavy atom. The average Bonchev–Trinajstić information content (AvgIpc) is 3.02. The molecule has 3 N–H and O–H groups in total. The van der Waals surface area contributed by atoms with Crippen molar-refractivity contribution in [3.05, 3.63) is 27.7 Å². The van der Waals surface area contributed by atoms with Crippen LogP contribution in [0.3, 0.4) is 0 Å². The Balaban J connectivity index is 2.54. The molecule has 1 fully saturated rings. The third-order valence-electron chi connectivity index (χ3n) is 3.95. The molecule has 0 aromatic heterocycles. The molecule has 0 saturated heterocycles. The van der Waals surface area contributed by atoms with Crippen molar-refractivity contribution >= 4 is 15.9 Å². The van der Waals surface area contributed by atoms with Gasteiger partial charge in [-0.05, 0) is 53.2 Å². The van der Waals surface area contributed by atoms with Gasteiger partial charge in [0.15, 0.2) is 0 Å². The van der Waals surface area contributed by atoms with Gasteiger partial charge in [0, 0.05) is 17.0 Å². The summed E-state index contributed by atoms with van der Waals surface area (Å²) in [7, 11) is 0. The summed E-state index contributed by atoms with van der Waals surface area (Å²) in [5.74, 6) is 0.818. The van der Waals surface area contributed by atoms with Crippen molar-refractivity contribution in [2.45, 2.75) is 51.0 Å². The Hall–Kier alpha value is -0.540. The molecule has 17 heavy (non-hydrogen) atoms. The second-order valence-electron chi connectivity index (χ2n) is 5.50. The number of hydrogen-bond donors (Lipinski definition) is 2. The SMILES string of the molecule is CC(C)c1cc(Br)c(O)c(C2(C(C)N)CC2)c1. The zero-order chi connectivity index (χ0) is 12.8.